The Hall–Kier alpha value is -1.18. The van der Waals surface area contributed by atoms with Gasteiger partial charge in [-0.15, -0.1) is 0 Å². The summed E-state index contributed by atoms with van der Waals surface area (Å²) in [4.78, 5) is 22.2. The van der Waals surface area contributed by atoms with E-state index in [1.807, 2.05) is 22.6 Å². The Kier molecular flexibility index (Phi) is 5.52. The van der Waals surface area contributed by atoms with Crippen molar-refractivity contribution in [1.29, 1.82) is 0 Å². The summed E-state index contributed by atoms with van der Waals surface area (Å²) < 4.78 is 13.4. The van der Waals surface area contributed by atoms with Gasteiger partial charge in [-0.1, -0.05) is 0 Å². The number of carboxylic acids is 1. The van der Waals surface area contributed by atoms with Gasteiger partial charge in [-0.2, -0.15) is 0 Å². The standard InChI is InChI=1S/C12H13FINO3/c1-7(2-5-11(16)17)15-12(18)9-4-3-8(13)6-10(9)14/h3-4,6-7H,2,5H2,1H3,(H,15,18)(H,16,17). The van der Waals surface area contributed by atoms with Crippen LogP contribution >= 0.6 is 22.6 Å². The molecule has 18 heavy (non-hydrogen) atoms. The average Bonchev–Trinajstić information content (AvgIpc) is 2.26. The SMILES string of the molecule is CC(CCC(=O)O)NC(=O)c1ccc(F)cc1I. The maximum absolute atomic E-state index is 12.9. The van der Waals surface area contributed by atoms with Crippen molar-refractivity contribution in [3.63, 3.8) is 0 Å². The molecule has 0 fully saturated rings. The van der Waals surface area contributed by atoms with E-state index in [1.54, 1.807) is 6.92 Å². The monoisotopic (exact) mass is 365 g/mol. The lowest BCUT2D eigenvalue weighted by molar-refractivity contribution is -0.137. The van der Waals surface area contributed by atoms with Gasteiger partial charge in [0.25, 0.3) is 5.91 Å². The van der Waals surface area contributed by atoms with E-state index in [0.717, 1.165) is 0 Å². The Morgan fingerprint density at radius 1 is 1.50 bits per heavy atom. The summed E-state index contributed by atoms with van der Waals surface area (Å²) in [6, 6.07) is 3.67. The Morgan fingerprint density at radius 3 is 2.72 bits per heavy atom. The molecule has 1 atom stereocenters. The number of benzene rings is 1. The second-order valence-electron chi connectivity index (χ2n) is 3.93. The molecule has 0 aliphatic rings. The van der Waals surface area contributed by atoms with Crippen molar-refractivity contribution >= 4 is 34.5 Å². The summed E-state index contributed by atoms with van der Waals surface area (Å²) in [7, 11) is 0. The number of aliphatic carboxylic acids is 1. The van der Waals surface area contributed by atoms with Crippen LogP contribution in [0.2, 0.25) is 0 Å². The Labute approximate surface area is 118 Å². The lowest BCUT2D eigenvalue weighted by Crippen LogP contribution is -2.33. The van der Waals surface area contributed by atoms with Crippen LogP contribution in [-0.2, 0) is 4.79 Å². The van der Waals surface area contributed by atoms with Gasteiger partial charge < -0.3 is 10.4 Å². The zero-order valence-electron chi connectivity index (χ0n) is 9.74. The normalized spacial score (nSPS) is 11.9. The van der Waals surface area contributed by atoms with E-state index in [2.05, 4.69) is 5.32 Å². The van der Waals surface area contributed by atoms with Crippen LogP contribution in [0, 0.1) is 9.39 Å². The predicted octanol–water partition coefficient (Wildman–Crippen LogP) is 2.41. The molecule has 0 heterocycles. The van der Waals surface area contributed by atoms with E-state index in [-0.39, 0.29) is 18.4 Å². The summed E-state index contributed by atoms with van der Waals surface area (Å²) in [5, 5.41) is 11.2. The van der Waals surface area contributed by atoms with Crippen LogP contribution in [-0.4, -0.2) is 23.0 Å². The van der Waals surface area contributed by atoms with Crippen LogP contribution in [0.1, 0.15) is 30.1 Å². The third-order valence-corrected chi connectivity index (χ3v) is 3.24. The largest absolute Gasteiger partial charge is 0.481 e. The molecule has 0 saturated carbocycles. The van der Waals surface area contributed by atoms with E-state index in [1.165, 1.54) is 18.2 Å². The second kappa shape index (κ2) is 6.67. The van der Waals surface area contributed by atoms with Crippen molar-refractivity contribution in [1.82, 2.24) is 5.32 Å². The van der Waals surface area contributed by atoms with Crippen LogP contribution in [0.3, 0.4) is 0 Å². The van der Waals surface area contributed by atoms with Gasteiger partial charge in [-0.25, -0.2) is 4.39 Å². The third kappa shape index (κ3) is 4.59. The molecule has 0 radical (unpaired) electrons. The number of rotatable bonds is 5. The van der Waals surface area contributed by atoms with Gasteiger partial charge in [0, 0.05) is 16.0 Å². The molecule has 0 aliphatic heterocycles. The lowest BCUT2D eigenvalue weighted by Gasteiger charge is -2.13. The van der Waals surface area contributed by atoms with Crippen LogP contribution in [0.5, 0.6) is 0 Å². The molecular weight excluding hydrogens is 352 g/mol. The van der Waals surface area contributed by atoms with Gasteiger partial charge in [0.2, 0.25) is 0 Å². The minimum absolute atomic E-state index is 0.00194. The van der Waals surface area contributed by atoms with E-state index in [0.29, 0.717) is 15.6 Å². The first kappa shape index (κ1) is 14.9. The zero-order valence-corrected chi connectivity index (χ0v) is 11.9. The lowest BCUT2D eigenvalue weighted by atomic mass is 10.1. The van der Waals surface area contributed by atoms with Gasteiger partial charge in [-0.3, -0.25) is 9.59 Å². The Bertz CT molecular complexity index is 465. The van der Waals surface area contributed by atoms with Gasteiger partial charge >= 0.3 is 5.97 Å². The molecule has 1 rings (SSSR count). The fourth-order valence-electron chi connectivity index (χ4n) is 1.39. The highest BCUT2D eigenvalue weighted by Crippen LogP contribution is 2.14. The topological polar surface area (TPSA) is 66.4 Å². The number of nitrogens with one attached hydrogen (secondary N) is 1. The molecule has 0 spiro atoms. The number of carbonyl (C=O) groups is 2. The minimum atomic E-state index is -0.896. The minimum Gasteiger partial charge on any atom is -0.481 e. The maximum Gasteiger partial charge on any atom is 0.303 e. The molecule has 98 valence electrons. The van der Waals surface area contributed by atoms with Crippen LogP contribution < -0.4 is 5.32 Å². The molecule has 4 nitrogen and oxygen atoms in total. The van der Waals surface area contributed by atoms with Gasteiger partial charge in [-0.05, 0) is 54.1 Å². The van der Waals surface area contributed by atoms with E-state index >= 15 is 0 Å². The Morgan fingerprint density at radius 2 is 2.17 bits per heavy atom. The number of carbonyl (C=O) groups excluding carboxylic acids is 1. The van der Waals surface area contributed by atoms with Gasteiger partial charge in [0.15, 0.2) is 0 Å². The van der Waals surface area contributed by atoms with Crippen molar-refractivity contribution in [2.45, 2.75) is 25.8 Å². The average molecular weight is 365 g/mol. The fourth-order valence-corrected chi connectivity index (χ4v) is 2.11. The first-order valence-corrected chi connectivity index (χ1v) is 6.45. The van der Waals surface area contributed by atoms with Crippen molar-refractivity contribution in [3.8, 4) is 0 Å². The number of halogens is 2. The summed E-state index contributed by atoms with van der Waals surface area (Å²) >= 11 is 1.89. The summed E-state index contributed by atoms with van der Waals surface area (Å²) in [5.74, 6) is -1.61. The highest BCUT2D eigenvalue weighted by molar-refractivity contribution is 14.1. The van der Waals surface area contributed by atoms with Crippen LogP contribution in [0.25, 0.3) is 0 Å². The highest BCUT2D eigenvalue weighted by Gasteiger charge is 2.14. The molecule has 1 aromatic carbocycles. The number of hydrogen-bond acceptors (Lipinski definition) is 2. The molecule has 0 aromatic heterocycles. The molecule has 1 aromatic rings. The summed E-state index contributed by atoms with van der Waals surface area (Å²) in [6.45, 7) is 1.73. The van der Waals surface area contributed by atoms with Crippen LogP contribution in [0.4, 0.5) is 4.39 Å². The maximum atomic E-state index is 12.9. The molecule has 0 bridgehead atoms. The number of hydrogen-bond donors (Lipinski definition) is 2. The smallest absolute Gasteiger partial charge is 0.303 e. The first-order valence-electron chi connectivity index (χ1n) is 5.38. The third-order valence-electron chi connectivity index (χ3n) is 2.34. The van der Waals surface area contributed by atoms with Gasteiger partial charge in [0.1, 0.15) is 5.82 Å². The molecule has 1 amide bonds. The zero-order chi connectivity index (χ0) is 13.7. The van der Waals surface area contributed by atoms with E-state index in [4.69, 9.17) is 5.11 Å². The molecule has 1 unspecified atom stereocenters. The highest BCUT2D eigenvalue weighted by atomic mass is 127. The molecule has 6 heteroatoms. The summed E-state index contributed by atoms with van der Waals surface area (Å²) in [6.07, 6.45) is 0.362. The van der Waals surface area contributed by atoms with Crippen molar-refractivity contribution in [2.24, 2.45) is 0 Å². The van der Waals surface area contributed by atoms with E-state index < -0.39 is 11.8 Å². The fraction of sp³-hybridized carbons (Fsp3) is 0.333. The van der Waals surface area contributed by atoms with Gasteiger partial charge in [0.05, 0.1) is 5.56 Å². The molecular formula is C12H13FINO3. The molecule has 0 saturated heterocycles. The molecule has 0 aliphatic carbocycles. The van der Waals surface area contributed by atoms with Crippen molar-refractivity contribution in [3.05, 3.63) is 33.1 Å². The molecule has 2 N–H and O–H groups in total. The number of carboxylic acid groups (broad SMARTS) is 1. The predicted molar refractivity (Wildman–Crippen MR) is 72.9 cm³/mol. The second-order valence-corrected chi connectivity index (χ2v) is 5.09. The summed E-state index contributed by atoms with van der Waals surface area (Å²) in [5.41, 5.74) is 0.388. The van der Waals surface area contributed by atoms with E-state index in [9.17, 15) is 14.0 Å². The van der Waals surface area contributed by atoms with Crippen molar-refractivity contribution < 1.29 is 19.1 Å². The number of amides is 1. The van der Waals surface area contributed by atoms with Crippen molar-refractivity contribution in [2.75, 3.05) is 0 Å². The van der Waals surface area contributed by atoms with Crippen LogP contribution in [0.15, 0.2) is 18.2 Å². The quantitative estimate of drug-likeness (QED) is 0.788. The first-order chi connectivity index (χ1) is 8.40. The Balaban J connectivity index is 2.62.